The Balaban J connectivity index is 2.64. The van der Waals surface area contributed by atoms with Crippen LogP contribution in [0.3, 0.4) is 0 Å². The molecule has 0 aliphatic rings. The summed E-state index contributed by atoms with van der Waals surface area (Å²) in [7, 11) is 0. The molecule has 1 aromatic rings. The maximum absolute atomic E-state index is 12.1. The molecule has 0 saturated heterocycles. The minimum Gasteiger partial charge on any atom is -0.399 e. The fourth-order valence-electron chi connectivity index (χ4n) is 2.24. The average Bonchev–Trinajstić information content (AvgIpc) is 2.37. The van der Waals surface area contributed by atoms with Crippen molar-refractivity contribution in [3.8, 4) is 5.75 Å². The van der Waals surface area contributed by atoms with E-state index in [0.717, 1.165) is 12.8 Å². The first-order valence-corrected chi connectivity index (χ1v) is 6.66. The van der Waals surface area contributed by atoms with Gasteiger partial charge in [0.15, 0.2) is 5.75 Å². The predicted molar refractivity (Wildman–Crippen MR) is 75.4 cm³/mol. The van der Waals surface area contributed by atoms with Gasteiger partial charge in [-0.2, -0.15) is 0 Å². The van der Waals surface area contributed by atoms with Crippen LogP contribution in [0.4, 0.5) is 5.69 Å². The molecule has 0 saturated carbocycles. The summed E-state index contributed by atoms with van der Waals surface area (Å²) >= 11 is 0. The molecule has 4 nitrogen and oxygen atoms in total. The maximum Gasteiger partial charge on any atom is 0.361 e. The summed E-state index contributed by atoms with van der Waals surface area (Å²) in [4.78, 5) is 22.1. The Morgan fingerprint density at radius 2 is 1.95 bits per heavy atom. The second-order valence-electron chi connectivity index (χ2n) is 5.26. The van der Waals surface area contributed by atoms with E-state index in [2.05, 4.69) is 13.8 Å². The van der Waals surface area contributed by atoms with E-state index in [1.54, 1.807) is 24.3 Å². The third-order valence-electron chi connectivity index (χ3n) is 3.60. The van der Waals surface area contributed by atoms with Crippen molar-refractivity contribution in [1.29, 1.82) is 0 Å². The standard InChI is InChI=1S/C15H23NO3/c1-5-11(6-2)15(3,4)14(17)19-18-13-9-7-8-12(16)10-13/h7-11H,5-6,16H2,1-4H3. The Labute approximate surface area is 114 Å². The van der Waals surface area contributed by atoms with E-state index >= 15 is 0 Å². The highest BCUT2D eigenvalue weighted by Gasteiger charge is 2.37. The highest BCUT2D eigenvalue weighted by atomic mass is 17.2. The van der Waals surface area contributed by atoms with Crippen LogP contribution in [0, 0.1) is 11.3 Å². The van der Waals surface area contributed by atoms with Crippen LogP contribution in [0.2, 0.25) is 0 Å². The van der Waals surface area contributed by atoms with Crippen molar-refractivity contribution in [3.05, 3.63) is 24.3 Å². The average molecular weight is 265 g/mol. The highest BCUT2D eigenvalue weighted by molar-refractivity contribution is 5.75. The fourth-order valence-corrected chi connectivity index (χ4v) is 2.24. The zero-order valence-electron chi connectivity index (χ0n) is 12.1. The third kappa shape index (κ3) is 3.88. The Bertz CT molecular complexity index is 425. The number of anilines is 1. The molecule has 0 radical (unpaired) electrons. The summed E-state index contributed by atoms with van der Waals surface area (Å²) in [6, 6.07) is 6.78. The van der Waals surface area contributed by atoms with Gasteiger partial charge in [-0.3, -0.25) is 4.89 Å². The van der Waals surface area contributed by atoms with Gasteiger partial charge in [0.2, 0.25) is 0 Å². The molecule has 0 atom stereocenters. The van der Waals surface area contributed by atoms with Gasteiger partial charge in [-0.1, -0.05) is 32.8 Å². The number of nitrogens with two attached hydrogens (primary N) is 1. The minimum absolute atomic E-state index is 0.268. The monoisotopic (exact) mass is 265 g/mol. The summed E-state index contributed by atoms with van der Waals surface area (Å²) in [5.41, 5.74) is 5.62. The lowest BCUT2D eigenvalue weighted by Crippen LogP contribution is -2.34. The van der Waals surface area contributed by atoms with Crippen LogP contribution >= 0.6 is 0 Å². The summed E-state index contributed by atoms with van der Waals surface area (Å²) < 4.78 is 0. The van der Waals surface area contributed by atoms with Gasteiger partial charge < -0.3 is 5.73 Å². The first kappa shape index (κ1) is 15.3. The van der Waals surface area contributed by atoms with E-state index in [1.165, 1.54) is 0 Å². The Hall–Kier alpha value is -1.71. The second-order valence-corrected chi connectivity index (χ2v) is 5.26. The molecule has 4 heteroatoms. The van der Waals surface area contributed by atoms with Crippen molar-refractivity contribution in [1.82, 2.24) is 0 Å². The molecule has 0 aromatic heterocycles. The van der Waals surface area contributed by atoms with Crippen LogP contribution in [-0.2, 0) is 9.68 Å². The number of carbonyl (C=O) groups is 1. The van der Waals surface area contributed by atoms with Crippen molar-refractivity contribution in [3.63, 3.8) is 0 Å². The summed E-state index contributed by atoms with van der Waals surface area (Å²) in [5.74, 6) is 0.335. The summed E-state index contributed by atoms with van der Waals surface area (Å²) in [5, 5.41) is 0. The van der Waals surface area contributed by atoms with Crippen molar-refractivity contribution >= 4 is 11.7 Å². The number of carbonyl (C=O) groups excluding carboxylic acids is 1. The van der Waals surface area contributed by atoms with E-state index in [-0.39, 0.29) is 11.9 Å². The molecule has 0 bridgehead atoms. The fraction of sp³-hybridized carbons (Fsp3) is 0.533. The largest absolute Gasteiger partial charge is 0.399 e. The van der Waals surface area contributed by atoms with Gasteiger partial charge in [0.25, 0.3) is 0 Å². The molecule has 0 amide bonds. The van der Waals surface area contributed by atoms with Crippen LogP contribution in [-0.4, -0.2) is 5.97 Å². The molecule has 0 aliphatic heterocycles. The van der Waals surface area contributed by atoms with Crippen LogP contribution < -0.4 is 10.6 Å². The van der Waals surface area contributed by atoms with E-state index in [4.69, 9.17) is 15.5 Å². The molecule has 1 rings (SSSR count). The topological polar surface area (TPSA) is 61.5 Å². The van der Waals surface area contributed by atoms with Gasteiger partial charge in [-0.25, -0.2) is 9.68 Å². The first-order chi connectivity index (χ1) is 8.91. The van der Waals surface area contributed by atoms with E-state index in [9.17, 15) is 4.79 Å². The van der Waals surface area contributed by atoms with Gasteiger partial charge in [-0.05, 0) is 31.9 Å². The van der Waals surface area contributed by atoms with Gasteiger partial charge in [0.05, 0.1) is 5.41 Å². The number of rotatable bonds is 6. The van der Waals surface area contributed by atoms with Crippen LogP contribution in [0.5, 0.6) is 5.75 Å². The molecule has 106 valence electrons. The second kappa shape index (κ2) is 6.45. The number of benzene rings is 1. The molecule has 2 N–H and O–H groups in total. The third-order valence-corrected chi connectivity index (χ3v) is 3.60. The SMILES string of the molecule is CCC(CC)C(C)(C)C(=O)OOc1cccc(N)c1. The number of nitrogen functional groups attached to an aromatic ring is 1. The molecule has 0 fully saturated rings. The van der Waals surface area contributed by atoms with Crippen LogP contribution in [0.15, 0.2) is 24.3 Å². The molecule has 0 spiro atoms. The minimum atomic E-state index is -0.566. The zero-order valence-corrected chi connectivity index (χ0v) is 12.1. The predicted octanol–water partition coefficient (Wildman–Crippen LogP) is 3.57. The van der Waals surface area contributed by atoms with Gasteiger partial charge in [-0.15, -0.1) is 0 Å². The van der Waals surface area contributed by atoms with E-state index in [1.807, 2.05) is 13.8 Å². The molecule has 0 unspecified atom stereocenters. The summed E-state index contributed by atoms with van der Waals surface area (Å²) in [6.07, 6.45) is 1.85. The maximum atomic E-state index is 12.1. The Morgan fingerprint density at radius 3 is 2.47 bits per heavy atom. The molecule has 0 heterocycles. The van der Waals surface area contributed by atoms with Crippen molar-refractivity contribution in [2.75, 3.05) is 5.73 Å². The molecule has 0 aliphatic carbocycles. The van der Waals surface area contributed by atoms with Crippen molar-refractivity contribution < 1.29 is 14.6 Å². The Morgan fingerprint density at radius 1 is 1.32 bits per heavy atom. The summed E-state index contributed by atoms with van der Waals surface area (Å²) in [6.45, 7) is 7.91. The van der Waals surface area contributed by atoms with E-state index < -0.39 is 5.41 Å². The van der Waals surface area contributed by atoms with E-state index in [0.29, 0.717) is 11.4 Å². The lowest BCUT2D eigenvalue weighted by atomic mass is 9.76. The highest BCUT2D eigenvalue weighted by Crippen LogP contribution is 2.33. The molecule has 19 heavy (non-hydrogen) atoms. The van der Waals surface area contributed by atoms with Crippen LogP contribution in [0.1, 0.15) is 40.5 Å². The molecular formula is C15H23NO3. The lowest BCUT2D eigenvalue weighted by Gasteiger charge is -2.29. The molecular weight excluding hydrogens is 242 g/mol. The normalized spacial score (nSPS) is 11.4. The lowest BCUT2D eigenvalue weighted by molar-refractivity contribution is -0.227. The first-order valence-electron chi connectivity index (χ1n) is 6.66. The number of hydrogen-bond acceptors (Lipinski definition) is 4. The quantitative estimate of drug-likeness (QED) is 0.485. The van der Waals surface area contributed by atoms with Crippen molar-refractivity contribution in [2.24, 2.45) is 11.3 Å². The van der Waals surface area contributed by atoms with Crippen LogP contribution in [0.25, 0.3) is 0 Å². The van der Waals surface area contributed by atoms with Gasteiger partial charge in [0.1, 0.15) is 0 Å². The molecule has 1 aromatic carbocycles. The smallest absolute Gasteiger partial charge is 0.361 e. The number of hydrogen-bond donors (Lipinski definition) is 1. The van der Waals surface area contributed by atoms with Gasteiger partial charge in [0, 0.05) is 11.8 Å². The Kier molecular flexibility index (Phi) is 5.21. The zero-order chi connectivity index (χ0) is 14.5. The van der Waals surface area contributed by atoms with Crippen molar-refractivity contribution in [2.45, 2.75) is 40.5 Å². The van der Waals surface area contributed by atoms with Gasteiger partial charge >= 0.3 is 5.97 Å².